The zero-order chi connectivity index (χ0) is 30.5. The standard InChI is InChI=1S/C32H33Cl2FN2O5S/c1-32(16-3-2-7-28(32)35)36(43(40,41)25-14-15-25)18-26(20-8-9-20)37-29(21-10-12-23(33)13-11-21)30(42-27(19-38)31(37)39)22-5-4-6-24(34)17-22/h2-7,10-13,16-17,25,27-30,38H,8-9,14-15,18-19H2,1H3/t27?,28?,29-,30-,32?/m1/s1. The van der Waals surface area contributed by atoms with Crippen molar-refractivity contribution in [3.63, 3.8) is 0 Å². The van der Waals surface area contributed by atoms with Gasteiger partial charge in [-0.3, -0.25) is 4.79 Å². The van der Waals surface area contributed by atoms with Gasteiger partial charge in [0.05, 0.1) is 30.0 Å². The molecule has 1 saturated heterocycles. The molecule has 3 aliphatic carbocycles. The highest BCUT2D eigenvalue weighted by molar-refractivity contribution is 7.90. The number of aliphatic hydroxyl groups is 1. The molecule has 5 atom stereocenters. The third-order valence-corrected chi connectivity index (χ3v) is 11.5. The monoisotopic (exact) mass is 646 g/mol. The Kier molecular flexibility index (Phi) is 8.34. The van der Waals surface area contributed by atoms with E-state index in [1.807, 2.05) is 6.07 Å². The highest BCUT2D eigenvalue weighted by atomic mass is 35.5. The van der Waals surface area contributed by atoms with Crippen molar-refractivity contribution in [1.82, 2.24) is 9.21 Å². The maximum absolute atomic E-state index is 15.7. The second kappa shape index (κ2) is 11.8. The minimum absolute atomic E-state index is 0.209. The molecule has 1 amide bonds. The number of allylic oxidation sites excluding steroid dienone is 3. The lowest BCUT2D eigenvalue weighted by molar-refractivity contribution is -0.175. The normalized spacial score (nSPS) is 28.9. The van der Waals surface area contributed by atoms with Crippen LogP contribution in [0.25, 0.3) is 0 Å². The molecule has 228 valence electrons. The fourth-order valence-electron chi connectivity index (χ4n) is 5.93. The molecule has 1 aliphatic heterocycles. The van der Waals surface area contributed by atoms with Crippen molar-refractivity contribution in [2.75, 3.05) is 13.2 Å². The zero-order valence-corrected chi connectivity index (χ0v) is 25.9. The second-order valence-electron chi connectivity index (χ2n) is 11.7. The highest BCUT2D eigenvalue weighted by Crippen LogP contribution is 2.48. The molecule has 1 heterocycles. The van der Waals surface area contributed by atoms with Crippen molar-refractivity contribution in [2.24, 2.45) is 0 Å². The maximum Gasteiger partial charge on any atom is 0.259 e. The summed E-state index contributed by atoms with van der Waals surface area (Å²) in [5.41, 5.74) is 1.28. The van der Waals surface area contributed by atoms with Crippen LogP contribution in [-0.2, 0) is 19.6 Å². The Morgan fingerprint density at radius 1 is 1.09 bits per heavy atom. The van der Waals surface area contributed by atoms with Gasteiger partial charge < -0.3 is 14.7 Å². The molecule has 6 rings (SSSR count). The molecule has 1 N–H and O–H groups in total. The van der Waals surface area contributed by atoms with E-state index in [0.29, 0.717) is 52.6 Å². The summed E-state index contributed by atoms with van der Waals surface area (Å²) in [6.45, 7) is 0.791. The number of alkyl halides is 1. The Labute approximate surface area is 261 Å². The number of sulfonamides is 1. The fraction of sp³-hybridized carbons (Fsp3) is 0.406. The number of rotatable bonds is 9. The van der Waals surface area contributed by atoms with Crippen LogP contribution in [0, 0.1) is 0 Å². The Morgan fingerprint density at radius 2 is 1.81 bits per heavy atom. The minimum atomic E-state index is -3.93. The lowest BCUT2D eigenvalue weighted by Crippen LogP contribution is -2.58. The molecule has 11 heteroatoms. The average molecular weight is 648 g/mol. The number of nitrogens with zero attached hydrogens (tertiary/aromatic N) is 2. The number of hydrogen-bond donors (Lipinski definition) is 1. The first kappa shape index (κ1) is 30.5. The topological polar surface area (TPSA) is 87.2 Å². The predicted molar refractivity (Wildman–Crippen MR) is 164 cm³/mol. The molecule has 2 aromatic rings. The number of carbonyl (C=O) groups is 1. The van der Waals surface area contributed by atoms with Gasteiger partial charge in [-0.2, -0.15) is 4.31 Å². The maximum atomic E-state index is 15.7. The van der Waals surface area contributed by atoms with Crippen LogP contribution in [0.4, 0.5) is 4.39 Å². The lowest BCUT2D eigenvalue weighted by Gasteiger charge is -2.47. The van der Waals surface area contributed by atoms with E-state index >= 15 is 4.39 Å². The number of benzene rings is 2. The van der Waals surface area contributed by atoms with Gasteiger partial charge >= 0.3 is 0 Å². The molecular weight excluding hydrogens is 614 g/mol. The van der Waals surface area contributed by atoms with E-state index < -0.39 is 57.7 Å². The van der Waals surface area contributed by atoms with Crippen molar-refractivity contribution in [2.45, 2.75) is 67.8 Å². The fourth-order valence-corrected chi connectivity index (χ4v) is 8.36. The van der Waals surface area contributed by atoms with Gasteiger partial charge in [-0.15, -0.1) is 0 Å². The van der Waals surface area contributed by atoms with Crippen molar-refractivity contribution in [1.29, 1.82) is 0 Å². The zero-order valence-electron chi connectivity index (χ0n) is 23.6. The largest absolute Gasteiger partial charge is 0.393 e. The van der Waals surface area contributed by atoms with Crippen molar-refractivity contribution in [3.05, 3.63) is 105 Å². The van der Waals surface area contributed by atoms with Crippen LogP contribution in [0.15, 0.2) is 84.1 Å². The van der Waals surface area contributed by atoms with Gasteiger partial charge in [0.15, 0.2) is 6.10 Å². The van der Waals surface area contributed by atoms with Gasteiger partial charge in [-0.1, -0.05) is 65.7 Å². The Balaban J connectivity index is 1.51. The molecule has 2 saturated carbocycles. The highest BCUT2D eigenvalue weighted by Gasteiger charge is 2.53. The first-order valence-electron chi connectivity index (χ1n) is 14.4. The molecule has 3 unspecified atom stereocenters. The van der Waals surface area contributed by atoms with Crippen LogP contribution in [0.1, 0.15) is 55.9 Å². The smallest absolute Gasteiger partial charge is 0.259 e. The molecular formula is C32H33Cl2FN2O5S. The Bertz CT molecular complexity index is 1600. The van der Waals surface area contributed by atoms with Crippen LogP contribution >= 0.6 is 23.2 Å². The van der Waals surface area contributed by atoms with E-state index in [1.165, 1.54) is 10.4 Å². The summed E-state index contributed by atoms with van der Waals surface area (Å²) in [7, 11) is -3.93. The van der Waals surface area contributed by atoms with E-state index in [4.69, 9.17) is 27.9 Å². The van der Waals surface area contributed by atoms with Gasteiger partial charge in [0.2, 0.25) is 10.0 Å². The molecule has 0 spiro atoms. The van der Waals surface area contributed by atoms with Crippen molar-refractivity contribution < 1.29 is 27.4 Å². The van der Waals surface area contributed by atoms with Gasteiger partial charge in [-0.05, 0) is 79.6 Å². The number of ether oxygens (including phenoxy) is 1. The molecule has 4 aliphatic rings. The quantitative estimate of drug-likeness (QED) is 0.358. The summed E-state index contributed by atoms with van der Waals surface area (Å²) < 4.78 is 51.2. The Hall–Kier alpha value is -2.53. The average Bonchev–Trinajstić information content (AvgIpc) is 3.89. The summed E-state index contributed by atoms with van der Waals surface area (Å²) in [6, 6.07) is 13.4. The van der Waals surface area contributed by atoms with E-state index in [1.54, 1.807) is 72.5 Å². The van der Waals surface area contributed by atoms with Crippen LogP contribution in [0.3, 0.4) is 0 Å². The van der Waals surface area contributed by atoms with Crippen molar-refractivity contribution >= 4 is 39.1 Å². The Morgan fingerprint density at radius 3 is 2.42 bits per heavy atom. The van der Waals surface area contributed by atoms with E-state index in [9.17, 15) is 18.3 Å². The third-order valence-electron chi connectivity index (χ3n) is 8.61. The number of hydrogen-bond acceptors (Lipinski definition) is 5. The molecule has 7 nitrogen and oxygen atoms in total. The number of amides is 1. The third kappa shape index (κ3) is 5.83. The molecule has 43 heavy (non-hydrogen) atoms. The first-order chi connectivity index (χ1) is 20.5. The first-order valence-corrected chi connectivity index (χ1v) is 16.6. The summed E-state index contributed by atoms with van der Waals surface area (Å²) >= 11 is 12.6. The minimum Gasteiger partial charge on any atom is -0.393 e. The van der Waals surface area contributed by atoms with E-state index in [-0.39, 0.29) is 6.54 Å². The van der Waals surface area contributed by atoms with Gasteiger partial charge in [0, 0.05) is 15.7 Å². The summed E-state index contributed by atoms with van der Waals surface area (Å²) in [6.07, 6.45) is 4.94. The summed E-state index contributed by atoms with van der Waals surface area (Å²) in [5.74, 6) is -0.500. The molecule has 0 aromatic heterocycles. The van der Waals surface area contributed by atoms with Crippen LogP contribution in [-0.4, -0.2) is 64.9 Å². The predicted octanol–water partition coefficient (Wildman–Crippen LogP) is 6.06. The number of aliphatic hydroxyl groups excluding tert-OH is 1. The number of morpholine rings is 1. The molecule has 3 fully saturated rings. The molecule has 0 radical (unpaired) electrons. The van der Waals surface area contributed by atoms with E-state index in [0.717, 1.165) is 5.57 Å². The second-order valence-corrected chi connectivity index (χ2v) is 14.7. The SMILES string of the molecule is CC1(N(CC(=C2CC2)N2C(=O)C(CO)O[C@H](c3cccc(Cl)c3)[C@H]2c2ccc(Cl)cc2)S(=O)(=O)C2CC2)C=CC=CC1F. The van der Waals surface area contributed by atoms with Crippen molar-refractivity contribution in [3.8, 4) is 0 Å². The summed E-state index contributed by atoms with van der Waals surface area (Å²) in [4.78, 5) is 15.8. The molecule has 2 aromatic carbocycles. The summed E-state index contributed by atoms with van der Waals surface area (Å²) in [5, 5.41) is 10.7. The number of carbonyl (C=O) groups excluding carboxylic acids is 1. The van der Waals surface area contributed by atoms with Crippen LogP contribution < -0.4 is 0 Å². The van der Waals surface area contributed by atoms with Gasteiger partial charge in [0.1, 0.15) is 12.3 Å². The van der Waals surface area contributed by atoms with Gasteiger partial charge in [-0.25, -0.2) is 12.8 Å². The van der Waals surface area contributed by atoms with Crippen LogP contribution in [0.5, 0.6) is 0 Å². The number of halogens is 3. The molecule has 0 bridgehead atoms. The van der Waals surface area contributed by atoms with E-state index in [2.05, 4.69) is 0 Å². The van der Waals surface area contributed by atoms with Gasteiger partial charge in [0.25, 0.3) is 5.91 Å². The lowest BCUT2D eigenvalue weighted by atomic mass is 9.90. The van der Waals surface area contributed by atoms with Crippen LogP contribution in [0.2, 0.25) is 10.0 Å².